The molecule has 0 saturated carbocycles. The molecule has 142 valence electrons. The summed E-state index contributed by atoms with van der Waals surface area (Å²) in [5, 5.41) is 6.71. The van der Waals surface area contributed by atoms with E-state index in [0.717, 1.165) is 24.6 Å². The van der Waals surface area contributed by atoms with Gasteiger partial charge in [0.15, 0.2) is 17.5 Å². The van der Waals surface area contributed by atoms with Crippen molar-refractivity contribution in [3.8, 4) is 5.75 Å². The van der Waals surface area contributed by atoms with E-state index >= 15 is 0 Å². The van der Waals surface area contributed by atoms with Crippen LogP contribution < -0.4 is 15.4 Å². The lowest BCUT2D eigenvalue weighted by molar-refractivity contribution is 0.210. The Balaban J connectivity index is 0.00000312. The van der Waals surface area contributed by atoms with Crippen LogP contribution in [-0.2, 0) is 0 Å². The fraction of sp³-hybridized carbons (Fsp3) is 0.611. The lowest BCUT2D eigenvalue weighted by atomic mass is 9.98. The fourth-order valence-electron chi connectivity index (χ4n) is 3.12. The number of benzene rings is 1. The number of likely N-dealkylation sites (tertiary alicyclic amines) is 1. The average Bonchev–Trinajstić information content (AvgIpc) is 2.58. The molecule has 1 aliphatic heterocycles. The summed E-state index contributed by atoms with van der Waals surface area (Å²) >= 11 is 0. The third-order valence-electron chi connectivity index (χ3n) is 4.53. The largest absolute Gasteiger partial charge is 0.494 e. The quantitative estimate of drug-likeness (QED) is 0.400. The first kappa shape index (κ1) is 22.0. The van der Waals surface area contributed by atoms with Crippen molar-refractivity contribution in [1.29, 1.82) is 0 Å². The van der Waals surface area contributed by atoms with E-state index in [1.807, 2.05) is 13.0 Å². The number of halogens is 2. The summed E-state index contributed by atoms with van der Waals surface area (Å²) in [5.41, 5.74) is 0.855. The SMILES string of the molecule is CN=C(NCC1CCCN(C)C1)NC(C)c1ccc(OC)c(F)c1.I. The maximum atomic E-state index is 13.9. The number of nitrogens with zero attached hydrogens (tertiary/aromatic N) is 2. The third-order valence-corrected chi connectivity index (χ3v) is 4.53. The summed E-state index contributed by atoms with van der Waals surface area (Å²) in [6, 6.07) is 4.96. The molecular weight excluding hydrogens is 434 g/mol. The number of guanidine groups is 1. The molecule has 0 radical (unpaired) electrons. The van der Waals surface area contributed by atoms with Crippen molar-refractivity contribution >= 4 is 29.9 Å². The number of hydrogen-bond donors (Lipinski definition) is 2. The van der Waals surface area contributed by atoms with Crippen LogP contribution in [0, 0.1) is 11.7 Å². The van der Waals surface area contributed by atoms with Gasteiger partial charge in [-0.15, -0.1) is 24.0 Å². The molecular formula is C18H30FIN4O. The number of aliphatic imine (C=N–C) groups is 1. The molecule has 2 unspecified atom stereocenters. The zero-order valence-corrected chi connectivity index (χ0v) is 17.8. The maximum absolute atomic E-state index is 13.9. The molecule has 0 aliphatic carbocycles. The van der Waals surface area contributed by atoms with E-state index in [9.17, 15) is 4.39 Å². The smallest absolute Gasteiger partial charge is 0.191 e. The molecule has 2 atom stereocenters. The van der Waals surface area contributed by atoms with E-state index in [1.165, 1.54) is 32.6 Å². The monoisotopic (exact) mass is 464 g/mol. The van der Waals surface area contributed by atoms with Crippen LogP contribution in [0.15, 0.2) is 23.2 Å². The second-order valence-electron chi connectivity index (χ2n) is 6.48. The van der Waals surface area contributed by atoms with Crippen LogP contribution in [-0.4, -0.2) is 51.7 Å². The average molecular weight is 464 g/mol. The molecule has 0 amide bonds. The van der Waals surface area contributed by atoms with Gasteiger partial charge in [-0.1, -0.05) is 6.07 Å². The van der Waals surface area contributed by atoms with Gasteiger partial charge in [-0.3, -0.25) is 4.99 Å². The number of hydrogen-bond acceptors (Lipinski definition) is 3. The molecule has 5 nitrogen and oxygen atoms in total. The number of piperidine rings is 1. The highest BCUT2D eigenvalue weighted by Gasteiger charge is 2.18. The highest BCUT2D eigenvalue weighted by atomic mass is 127. The number of methoxy groups -OCH3 is 1. The lowest BCUT2D eigenvalue weighted by Gasteiger charge is -2.30. The molecule has 25 heavy (non-hydrogen) atoms. The van der Waals surface area contributed by atoms with Crippen molar-refractivity contribution in [2.75, 3.05) is 40.8 Å². The molecule has 1 saturated heterocycles. The molecule has 1 aromatic carbocycles. The topological polar surface area (TPSA) is 48.9 Å². The highest BCUT2D eigenvalue weighted by molar-refractivity contribution is 14.0. The van der Waals surface area contributed by atoms with Crippen LogP contribution in [0.5, 0.6) is 5.75 Å². The highest BCUT2D eigenvalue weighted by Crippen LogP contribution is 2.21. The summed E-state index contributed by atoms with van der Waals surface area (Å²) < 4.78 is 18.8. The number of rotatable bonds is 5. The minimum absolute atomic E-state index is 0. The Hall–Kier alpha value is -1.09. The van der Waals surface area contributed by atoms with Crippen molar-refractivity contribution in [2.24, 2.45) is 10.9 Å². The van der Waals surface area contributed by atoms with E-state index < -0.39 is 0 Å². The summed E-state index contributed by atoms with van der Waals surface area (Å²) in [6.07, 6.45) is 2.49. The van der Waals surface area contributed by atoms with Crippen LogP contribution >= 0.6 is 24.0 Å². The van der Waals surface area contributed by atoms with Gasteiger partial charge in [-0.25, -0.2) is 4.39 Å². The Morgan fingerprint density at radius 1 is 1.48 bits per heavy atom. The van der Waals surface area contributed by atoms with Gasteiger partial charge < -0.3 is 20.3 Å². The van der Waals surface area contributed by atoms with Gasteiger partial charge >= 0.3 is 0 Å². The summed E-state index contributed by atoms with van der Waals surface area (Å²) in [7, 11) is 5.39. The second-order valence-corrected chi connectivity index (χ2v) is 6.48. The van der Waals surface area contributed by atoms with E-state index in [4.69, 9.17) is 4.74 Å². The first-order valence-electron chi connectivity index (χ1n) is 8.52. The van der Waals surface area contributed by atoms with Gasteiger partial charge in [0.2, 0.25) is 0 Å². The predicted octanol–water partition coefficient (Wildman–Crippen LogP) is 3.02. The summed E-state index contributed by atoms with van der Waals surface area (Å²) in [5.74, 6) is 1.29. The van der Waals surface area contributed by atoms with Crippen molar-refractivity contribution < 1.29 is 9.13 Å². The minimum Gasteiger partial charge on any atom is -0.494 e. The van der Waals surface area contributed by atoms with Crippen molar-refractivity contribution in [2.45, 2.75) is 25.8 Å². The van der Waals surface area contributed by atoms with Gasteiger partial charge in [0.25, 0.3) is 0 Å². The molecule has 1 aliphatic rings. The van der Waals surface area contributed by atoms with Gasteiger partial charge in [0.1, 0.15) is 0 Å². The van der Waals surface area contributed by atoms with E-state index in [-0.39, 0.29) is 41.6 Å². The summed E-state index contributed by atoms with van der Waals surface area (Å²) in [6.45, 7) is 5.18. The molecule has 1 fully saturated rings. The van der Waals surface area contributed by atoms with Crippen LogP contribution in [0.3, 0.4) is 0 Å². The van der Waals surface area contributed by atoms with Gasteiger partial charge in [-0.05, 0) is 57.0 Å². The zero-order valence-electron chi connectivity index (χ0n) is 15.5. The molecule has 2 N–H and O–H groups in total. The Bertz CT molecular complexity index is 570. The Morgan fingerprint density at radius 3 is 2.84 bits per heavy atom. The van der Waals surface area contributed by atoms with Crippen molar-refractivity contribution in [1.82, 2.24) is 15.5 Å². The first-order valence-corrected chi connectivity index (χ1v) is 8.52. The molecule has 1 heterocycles. The molecule has 0 bridgehead atoms. The standard InChI is InChI=1S/C18H29FN4O.HI/c1-13(15-7-8-17(24-4)16(19)10-15)22-18(20-2)21-11-14-6-5-9-23(3)12-14;/h7-8,10,13-14H,5-6,9,11-12H2,1-4H3,(H2,20,21,22);1H. The van der Waals surface area contributed by atoms with E-state index in [1.54, 1.807) is 13.1 Å². The Morgan fingerprint density at radius 2 is 2.24 bits per heavy atom. The van der Waals surface area contributed by atoms with Gasteiger partial charge in [-0.2, -0.15) is 0 Å². The summed E-state index contributed by atoms with van der Waals surface area (Å²) in [4.78, 5) is 6.65. The van der Waals surface area contributed by atoms with Gasteiger partial charge in [0, 0.05) is 20.1 Å². The fourth-order valence-corrected chi connectivity index (χ4v) is 3.12. The number of nitrogens with one attached hydrogen (secondary N) is 2. The van der Waals surface area contributed by atoms with E-state index in [0.29, 0.717) is 5.92 Å². The van der Waals surface area contributed by atoms with Crippen molar-refractivity contribution in [3.05, 3.63) is 29.6 Å². The predicted molar refractivity (Wildman–Crippen MR) is 112 cm³/mol. The Kier molecular flexibility index (Phi) is 9.48. The number of ether oxygens (including phenoxy) is 1. The van der Waals surface area contributed by atoms with Crippen LogP contribution in [0.2, 0.25) is 0 Å². The van der Waals surface area contributed by atoms with Crippen LogP contribution in [0.1, 0.15) is 31.4 Å². The van der Waals surface area contributed by atoms with Crippen LogP contribution in [0.25, 0.3) is 0 Å². The molecule has 7 heteroatoms. The third kappa shape index (κ3) is 6.62. The van der Waals surface area contributed by atoms with Crippen LogP contribution in [0.4, 0.5) is 4.39 Å². The zero-order chi connectivity index (χ0) is 17.5. The molecule has 2 rings (SSSR count). The maximum Gasteiger partial charge on any atom is 0.191 e. The molecule has 1 aromatic rings. The Labute approximate surface area is 167 Å². The second kappa shape index (κ2) is 10.8. The van der Waals surface area contributed by atoms with E-state index in [2.05, 4.69) is 27.6 Å². The molecule has 0 spiro atoms. The first-order chi connectivity index (χ1) is 11.5. The normalized spacial score (nSPS) is 19.7. The molecule has 0 aromatic heterocycles. The van der Waals surface area contributed by atoms with Crippen molar-refractivity contribution in [3.63, 3.8) is 0 Å². The minimum atomic E-state index is -0.350. The lowest BCUT2D eigenvalue weighted by Crippen LogP contribution is -2.44. The van der Waals surface area contributed by atoms with Gasteiger partial charge in [0.05, 0.1) is 13.2 Å².